The lowest BCUT2D eigenvalue weighted by atomic mass is 9.77. The average Bonchev–Trinajstić information content (AvgIpc) is 2.17. The van der Waals surface area contributed by atoms with Crippen molar-refractivity contribution in [2.45, 2.75) is 44.3 Å². The zero-order valence-electron chi connectivity index (χ0n) is 9.17. The third kappa shape index (κ3) is 2.05. The molecule has 15 heavy (non-hydrogen) atoms. The molecule has 1 aliphatic carbocycles. The number of benzene rings is 1. The van der Waals surface area contributed by atoms with Gasteiger partial charge in [-0.25, -0.2) is 4.39 Å². The minimum atomic E-state index is -1.19. The van der Waals surface area contributed by atoms with Crippen molar-refractivity contribution in [3.8, 4) is 0 Å². The molecule has 2 N–H and O–H groups in total. The summed E-state index contributed by atoms with van der Waals surface area (Å²) in [5.74, 6) is 0. The molecule has 1 fully saturated rings. The molecule has 0 spiro atoms. The second-order valence-corrected chi connectivity index (χ2v) is 4.64. The molecule has 1 nitrogen and oxygen atoms in total. The van der Waals surface area contributed by atoms with Gasteiger partial charge in [0.05, 0.1) is 0 Å². The third-order valence-corrected chi connectivity index (χ3v) is 3.36. The summed E-state index contributed by atoms with van der Waals surface area (Å²) in [6.07, 6.45) is 2.94. The molecule has 0 aliphatic heterocycles. The van der Waals surface area contributed by atoms with Crippen LogP contribution in [0.4, 0.5) is 4.39 Å². The highest BCUT2D eigenvalue weighted by molar-refractivity contribution is 5.32. The lowest BCUT2D eigenvalue weighted by Crippen LogP contribution is -2.36. The standard InChI is InChI=1S/C13H18FN/c1-10-5-2-3-7-12(10)13(14)8-4-6-11(15)9-13/h2-3,5,7,11H,4,6,8-9,15H2,1H3. The van der Waals surface area contributed by atoms with Crippen LogP contribution in [0.1, 0.15) is 36.8 Å². The van der Waals surface area contributed by atoms with Gasteiger partial charge in [-0.2, -0.15) is 0 Å². The van der Waals surface area contributed by atoms with E-state index >= 15 is 0 Å². The second-order valence-electron chi connectivity index (χ2n) is 4.64. The van der Waals surface area contributed by atoms with Gasteiger partial charge in [0.15, 0.2) is 0 Å². The van der Waals surface area contributed by atoms with Gasteiger partial charge in [0.25, 0.3) is 0 Å². The van der Waals surface area contributed by atoms with E-state index in [0.29, 0.717) is 12.8 Å². The molecule has 0 aromatic heterocycles. The Morgan fingerprint density at radius 2 is 2.13 bits per heavy atom. The highest BCUT2D eigenvalue weighted by Crippen LogP contribution is 2.41. The lowest BCUT2D eigenvalue weighted by Gasteiger charge is -2.34. The number of hydrogen-bond donors (Lipinski definition) is 1. The van der Waals surface area contributed by atoms with E-state index < -0.39 is 5.67 Å². The van der Waals surface area contributed by atoms with Crippen molar-refractivity contribution in [2.75, 3.05) is 0 Å². The van der Waals surface area contributed by atoms with Gasteiger partial charge in [0, 0.05) is 12.5 Å². The maximum Gasteiger partial charge on any atom is 0.137 e. The molecule has 1 saturated carbocycles. The first-order valence-electron chi connectivity index (χ1n) is 5.62. The molecular formula is C13H18FN. The van der Waals surface area contributed by atoms with E-state index in [1.54, 1.807) is 0 Å². The Hall–Kier alpha value is -0.890. The van der Waals surface area contributed by atoms with Crippen LogP contribution in [-0.4, -0.2) is 6.04 Å². The van der Waals surface area contributed by atoms with Gasteiger partial charge in [0.2, 0.25) is 0 Å². The van der Waals surface area contributed by atoms with Gasteiger partial charge < -0.3 is 5.73 Å². The largest absolute Gasteiger partial charge is 0.328 e. The molecule has 1 aliphatic rings. The summed E-state index contributed by atoms with van der Waals surface area (Å²) in [5.41, 5.74) is 6.54. The summed E-state index contributed by atoms with van der Waals surface area (Å²) in [7, 11) is 0. The first-order chi connectivity index (χ1) is 7.12. The average molecular weight is 207 g/mol. The molecule has 2 heteroatoms. The zero-order chi connectivity index (χ0) is 10.9. The van der Waals surface area contributed by atoms with Gasteiger partial charge in [-0.05, 0) is 37.3 Å². The third-order valence-electron chi connectivity index (χ3n) is 3.36. The van der Waals surface area contributed by atoms with Crippen LogP contribution < -0.4 is 5.73 Å². The highest BCUT2D eigenvalue weighted by Gasteiger charge is 2.37. The van der Waals surface area contributed by atoms with E-state index in [9.17, 15) is 4.39 Å². The Morgan fingerprint density at radius 1 is 1.40 bits per heavy atom. The molecule has 2 unspecified atom stereocenters. The van der Waals surface area contributed by atoms with Gasteiger partial charge in [-0.15, -0.1) is 0 Å². The van der Waals surface area contributed by atoms with Crippen molar-refractivity contribution in [3.05, 3.63) is 35.4 Å². The highest BCUT2D eigenvalue weighted by atomic mass is 19.1. The van der Waals surface area contributed by atoms with E-state index in [1.165, 1.54) is 0 Å². The van der Waals surface area contributed by atoms with Crippen LogP contribution in [0.15, 0.2) is 24.3 Å². The molecule has 2 rings (SSSR count). The Balaban J connectivity index is 2.32. The van der Waals surface area contributed by atoms with Crippen molar-refractivity contribution in [3.63, 3.8) is 0 Å². The van der Waals surface area contributed by atoms with Gasteiger partial charge in [-0.3, -0.25) is 0 Å². The SMILES string of the molecule is Cc1ccccc1C1(F)CCCC(N)C1. The molecule has 2 atom stereocenters. The Morgan fingerprint density at radius 3 is 2.80 bits per heavy atom. The Bertz CT molecular complexity index is 350. The van der Waals surface area contributed by atoms with Crippen molar-refractivity contribution in [2.24, 2.45) is 5.73 Å². The van der Waals surface area contributed by atoms with Crippen LogP contribution in [0.5, 0.6) is 0 Å². The van der Waals surface area contributed by atoms with Crippen LogP contribution in [0.3, 0.4) is 0 Å². The van der Waals surface area contributed by atoms with Crippen LogP contribution >= 0.6 is 0 Å². The van der Waals surface area contributed by atoms with E-state index in [4.69, 9.17) is 5.73 Å². The number of alkyl halides is 1. The van der Waals surface area contributed by atoms with Gasteiger partial charge >= 0.3 is 0 Å². The summed E-state index contributed by atoms with van der Waals surface area (Å²) in [6.45, 7) is 1.97. The zero-order valence-corrected chi connectivity index (χ0v) is 9.17. The molecular weight excluding hydrogens is 189 g/mol. The summed E-state index contributed by atoms with van der Waals surface area (Å²) < 4.78 is 14.7. The molecule has 1 aromatic carbocycles. The molecule has 0 saturated heterocycles. The molecule has 0 heterocycles. The fourth-order valence-electron chi connectivity index (χ4n) is 2.58. The van der Waals surface area contributed by atoms with Crippen LogP contribution in [-0.2, 0) is 5.67 Å². The number of nitrogens with two attached hydrogens (primary N) is 1. The summed E-state index contributed by atoms with van der Waals surface area (Å²) >= 11 is 0. The number of hydrogen-bond acceptors (Lipinski definition) is 1. The maximum absolute atomic E-state index is 14.7. The summed E-state index contributed by atoms with van der Waals surface area (Å²) in [4.78, 5) is 0. The fourth-order valence-corrected chi connectivity index (χ4v) is 2.58. The topological polar surface area (TPSA) is 26.0 Å². The monoisotopic (exact) mass is 207 g/mol. The minimum absolute atomic E-state index is 0.0170. The normalized spacial score (nSPS) is 31.5. The molecule has 0 radical (unpaired) electrons. The maximum atomic E-state index is 14.7. The van der Waals surface area contributed by atoms with E-state index in [0.717, 1.165) is 24.0 Å². The van der Waals surface area contributed by atoms with E-state index in [-0.39, 0.29) is 6.04 Å². The quantitative estimate of drug-likeness (QED) is 0.752. The second kappa shape index (κ2) is 3.93. The van der Waals surface area contributed by atoms with Crippen molar-refractivity contribution >= 4 is 0 Å². The predicted octanol–water partition coefficient (Wildman–Crippen LogP) is 3.06. The fraction of sp³-hybridized carbons (Fsp3) is 0.538. The van der Waals surface area contributed by atoms with Crippen LogP contribution in [0.25, 0.3) is 0 Å². The molecule has 1 aromatic rings. The first-order valence-corrected chi connectivity index (χ1v) is 5.62. The molecule has 82 valence electrons. The van der Waals surface area contributed by atoms with Crippen LogP contribution in [0, 0.1) is 6.92 Å². The lowest BCUT2D eigenvalue weighted by molar-refractivity contribution is 0.0941. The predicted molar refractivity (Wildman–Crippen MR) is 60.4 cm³/mol. The van der Waals surface area contributed by atoms with Crippen molar-refractivity contribution in [1.29, 1.82) is 0 Å². The van der Waals surface area contributed by atoms with Crippen molar-refractivity contribution in [1.82, 2.24) is 0 Å². The summed E-state index contributed by atoms with van der Waals surface area (Å²) in [6, 6.07) is 7.74. The molecule has 0 bridgehead atoms. The van der Waals surface area contributed by atoms with E-state index in [2.05, 4.69) is 0 Å². The Kier molecular flexibility index (Phi) is 2.79. The van der Waals surface area contributed by atoms with Gasteiger partial charge in [-0.1, -0.05) is 24.3 Å². The first kappa shape index (κ1) is 10.6. The minimum Gasteiger partial charge on any atom is -0.328 e. The molecule has 0 amide bonds. The smallest absolute Gasteiger partial charge is 0.137 e. The van der Waals surface area contributed by atoms with Crippen LogP contribution in [0.2, 0.25) is 0 Å². The summed E-state index contributed by atoms with van der Waals surface area (Å²) in [5, 5.41) is 0. The number of halogens is 1. The number of rotatable bonds is 1. The van der Waals surface area contributed by atoms with E-state index in [1.807, 2.05) is 31.2 Å². The Labute approximate surface area is 90.5 Å². The van der Waals surface area contributed by atoms with Crippen molar-refractivity contribution < 1.29 is 4.39 Å². The van der Waals surface area contributed by atoms with Gasteiger partial charge in [0.1, 0.15) is 5.67 Å². The number of aryl methyl sites for hydroxylation is 1.